The fourth-order valence-electron chi connectivity index (χ4n) is 2.61. The minimum absolute atomic E-state index is 0.0307. The zero-order valence-corrected chi connectivity index (χ0v) is 14.2. The van der Waals surface area contributed by atoms with Gasteiger partial charge in [-0.2, -0.15) is 0 Å². The van der Waals surface area contributed by atoms with Crippen LogP contribution >= 0.6 is 0 Å². The van der Waals surface area contributed by atoms with E-state index in [-0.39, 0.29) is 16.2 Å². The first-order valence-electron chi connectivity index (χ1n) is 7.11. The molecule has 8 heteroatoms. The summed E-state index contributed by atoms with van der Waals surface area (Å²) in [6.07, 6.45) is 0.777. The fraction of sp³-hybridized carbons (Fsp3) is 0.571. The molecule has 0 radical (unpaired) electrons. The van der Waals surface area contributed by atoms with Crippen LogP contribution in [0.3, 0.4) is 0 Å². The summed E-state index contributed by atoms with van der Waals surface area (Å²) in [6, 6.07) is 2.92. The highest BCUT2D eigenvalue weighted by Gasteiger charge is 2.45. The van der Waals surface area contributed by atoms with Gasteiger partial charge in [-0.3, -0.25) is 0 Å². The van der Waals surface area contributed by atoms with Crippen LogP contribution in [0.4, 0.5) is 4.39 Å². The van der Waals surface area contributed by atoms with Gasteiger partial charge < -0.3 is 5.32 Å². The normalized spacial score (nSPS) is 24.5. The van der Waals surface area contributed by atoms with E-state index < -0.39 is 42.5 Å². The Bertz CT molecular complexity index is 759. The average Bonchev–Trinajstić information content (AvgIpc) is 2.75. The van der Waals surface area contributed by atoms with Crippen molar-refractivity contribution in [3.63, 3.8) is 0 Å². The van der Waals surface area contributed by atoms with Crippen molar-refractivity contribution >= 4 is 19.7 Å². The van der Waals surface area contributed by atoms with Crippen LogP contribution in [0.15, 0.2) is 23.1 Å². The highest BCUT2D eigenvalue weighted by molar-refractivity contribution is 7.96. The quantitative estimate of drug-likeness (QED) is 0.805. The third-order valence-corrected chi connectivity index (χ3v) is 7.96. The van der Waals surface area contributed by atoms with Crippen molar-refractivity contribution in [2.75, 3.05) is 18.1 Å². The van der Waals surface area contributed by atoms with Gasteiger partial charge in [0.05, 0.1) is 21.7 Å². The van der Waals surface area contributed by atoms with Gasteiger partial charge in [-0.1, -0.05) is 6.92 Å². The molecule has 0 spiro atoms. The first kappa shape index (κ1) is 17.4. The minimum Gasteiger partial charge on any atom is -0.312 e. The average molecular weight is 349 g/mol. The number of aryl methyl sites for hydroxylation is 1. The van der Waals surface area contributed by atoms with Gasteiger partial charge in [0.15, 0.2) is 19.7 Å². The topological polar surface area (TPSA) is 80.3 Å². The lowest BCUT2D eigenvalue weighted by Crippen LogP contribution is -2.43. The van der Waals surface area contributed by atoms with Crippen molar-refractivity contribution in [3.8, 4) is 0 Å². The molecule has 22 heavy (non-hydrogen) atoms. The zero-order chi connectivity index (χ0) is 16.5. The summed E-state index contributed by atoms with van der Waals surface area (Å²) >= 11 is 0. The van der Waals surface area contributed by atoms with E-state index in [4.69, 9.17) is 0 Å². The summed E-state index contributed by atoms with van der Waals surface area (Å²) in [5.74, 6) is -1.07. The minimum atomic E-state index is -3.84. The van der Waals surface area contributed by atoms with E-state index in [0.717, 1.165) is 12.5 Å². The first-order valence-corrected chi connectivity index (χ1v) is 10.5. The molecule has 1 aliphatic heterocycles. The van der Waals surface area contributed by atoms with Crippen molar-refractivity contribution in [1.29, 1.82) is 0 Å². The second kappa shape index (κ2) is 6.25. The lowest BCUT2D eigenvalue weighted by molar-refractivity contribution is 0.525. The zero-order valence-electron chi connectivity index (χ0n) is 12.5. The molecule has 1 aromatic carbocycles. The third-order valence-electron chi connectivity index (χ3n) is 3.81. The molecule has 2 atom stereocenters. The van der Waals surface area contributed by atoms with E-state index >= 15 is 0 Å². The Kier molecular flexibility index (Phi) is 4.93. The van der Waals surface area contributed by atoms with Gasteiger partial charge in [-0.05, 0) is 43.7 Å². The molecule has 1 N–H and O–H groups in total. The number of sulfone groups is 2. The third kappa shape index (κ3) is 3.49. The van der Waals surface area contributed by atoms with Gasteiger partial charge in [0.25, 0.3) is 0 Å². The SMILES string of the molecule is CCCN[C@@H]1CS(=O)(=O)C[C@H]1S(=O)(=O)c1ccc(F)c(C)c1. The number of rotatable bonds is 5. The molecule has 0 bridgehead atoms. The van der Waals surface area contributed by atoms with E-state index in [2.05, 4.69) is 5.32 Å². The molecule has 124 valence electrons. The summed E-state index contributed by atoms with van der Waals surface area (Å²) in [4.78, 5) is -0.0307. The Labute approximate surface area is 130 Å². The first-order chi connectivity index (χ1) is 10.2. The molecule has 0 aromatic heterocycles. The lowest BCUT2D eigenvalue weighted by atomic mass is 10.2. The molecule has 0 saturated carbocycles. The van der Waals surface area contributed by atoms with Crippen LogP contribution in [0, 0.1) is 12.7 Å². The molecular weight excluding hydrogens is 329 g/mol. The Balaban J connectivity index is 2.39. The molecule has 0 aliphatic carbocycles. The smallest absolute Gasteiger partial charge is 0.183 e. The number of benzene rings is 1. The second-order valence-electron chi connectivity index (χ2n) is 5.63. The van der Waals surface area contributed by atoms with Gasteiger partial charge in [0.1, 0.15) is 5.82 Å². The number of hydrogen-bond donors (Lipinski definition) is 1. The van der Waals surface area contributed by atoms with Crippen molar-refractivity contribution < 1.29 is 21.2 Å². The van der Waals surface area contributed by atoms with Crippen LogP contribution in [-0.4, -0.2) is 46.2 Å². The summed E-state index contributed by atoms with van der Waals surface area (Å²) in [5, 5.41) is 1.97. The van der Waals surface area contributed by atoms with Gasteiger partial charge in [0.2, 0.25) is 0 Å². The Morgan fingerprint density at radius 2 is 2.00 bits per heavy atom. The van der Waals surface area contributed by atoms with Gasteiger partial charge in [-0.15, -0.1) is 0 Å². The Morgan fingerprint density at radius 3 is 2.59 bits per heavy atom. The standard InChI is InChI=1S/C14H20FNO4S2/c1-3-6-16-13-8-21(17,18)9-14(13)22(19,20)11-4-5-12(15)10(2)7-11/h4-5,7,13-14,16H,3,6,8-9H2,1-2H3/t13-,14-/m1/s1. The Hall–Kier alpha value is -0.990. The molecule has 2 rings (SSSR count). The monoisotopic (exact) mass is 349 g/mol. The summed E-state index contributed by atoms with van der Waals surface area (Å²) < 4.78 is 62.5. The van der Waals surface area contributed by atoms with Crippen molar-refractivity contribution in [1.82, 2.24) is 5.32 Å². The molecular formula is C14H20FNO4S2. The van der Waals surface area contributed by atoms with Crippen molar-refractivity contribution in [2.24, 2.45) is 0 Å². The van der Waals surface area contributed by atoms with Gasteiger partial charge >= 0.3 is 0 Å². The molecule has 1 aliphatic rings. The van der Waals surface area contributed by atoms with E-state index in [9.17, 15) is 21.2 Å². The van der Waals surface area contributed by atoms with Crippen LogP contribution in [0.2, 0.25) is 0 Å². The van der Waals surface area contributed by atoms with E-state index in [0.29, 0.717) is 6.54 Å². The molecule has 5 nitrogen and oxygen atoms in total. The van der Waals surface area contributed by atoms with Crippen LogP contribution < -0.4 is 5.32 Å². The molecule has 1 heterocycles. The summed E-state index contributed by atoms with van der Waals surface area (Å²) in [7, 11) is -7.24. The maximum atomic E-state index is 13.3. The van der Waals surface area contributed by atoms with Crippen LogP contribution in [0.1, 0.15) is 18.9 Å². The summed E-state index contributed by atoms with van der Waals surface area (Å²) in [6.45, 7) is 3.95. The highest BCUT2D eigenvalue weighted by atomic mass is 32.2. The number of nitrogens with one attached hydrogen (secondary N) is 1. The van der Waals surface area contributed by atoms with E-state index in [1.807, 2.05) is 6.92 Å². The number of hydrogen-bond acceptors (Lipinski definition) is 5. The van der Waals surface area contributed by atoms with E-state index in [1.165, 1.54) is 19.1 Å². The number of halogens is 1. The van der Waals surface area contributed by atoms with Crippen LogP contribution in [0.5, 0.6) is 0 Å². The van der Waals surface area contributed by atoms with Gasteiger partial charge in [-0.25, -0.2) is 21.2 Å². The van der Waals surface area contributed by atoms with Gasteiger partial charge in [0, 0.05) is 6.04 Å². The Morgan fingerprint density at radius 1 is 1.32 bits per heavy atom. The largest absolute Gasteiger partial charge is 0.312 e. The van der Waals surface area contributed by atoms with Crippen molar-refractivity contribution in [2.45, 2.75) is 36.5 Å². The van der Waals surface area contributed by atoms with Crippen LogP contribution in [-0.2, 0) is 19.7 Å². The molecule has 0 amide bonds. The molecule has 1 saturated heterocycles. The summed E-state index contributed by atoms with van der Waals surface area (Å²) in [5.41, 5.74) is 0.222. The maximum Gasteiger partial charge on any atom is 0.183 e. The second-order valence-corrected chi connectivity index (χ2v) is 9.95. The maximum absolute atomic E-state index is 13.3. The molecule has 1 fully saturated rings. The fourth-order valence-corrected chi connectivity index (χ4v) is 7.41. The predicted molar refractivity (Wildman–Crippen MR) is 82.8 cm³/mol. The highest BCUT2D eigenvalue weighted by Crippen LogP contribution is 2.27. The molecule has 1 aromatic rings. The van der Waals surface area contributed by atoms with Crippen LogP contribution in [0.25, 0.3) is 0 Å². The molecule has 0 unspecified atom stereocenters. The lowest BCUT2D eigenvalue weighted by Gasteiger charge is -2.20. The predicted octanol–water partition coefficient (Wildman–Crippen LogP) is 1.07. The van der Waals surface area contributed by atoms with E-state index in [1.54, 1.807) is 0 Å². The van der Waals surface area contributed by atoms with Crippen molar-refractivity contribution in [3.05, 3.63) is 29.6 Å².